The molecule has 2 N–H and O–H groups in total. The highest BCUT2D eigenvalue weighted by atomic mass is 127. The predicted octanol–water partition coefficient (Wildman–Crippen LogP) is 2.01. The molecule has 20 heavy (non-hydrogen) atoms. The summed E-state index contributed by atoms with van der Waals surface area (Å²) in [6.07, 6.45) is 1.80. The van der Waals surface area contributed by atoms with E-state index in [1.54, 1.807) is 6.08 Å². The first kappa shape index (κ1) is 18.7. The molecule has 0 bridgehead atoms. The number of nitrogens with one attached hydrogen (secondary N) is 2. The number of anilines is 1. The topological polar surface area (TPSA) is 52.6 Å². The van der Waals surface area contributed by atoms with Gasteiger partial charge in [-0.3, -0.25) is 0 Å². The first-order valence-electron chi connectivity index (χ1n) is 6.43. The molecule has 0 unspecified atom stereocenters. The van der Waals surface area contributed by atoms with Crippen LogP contribution in [-0.4, -0.2) is 38.1 Å². The Kier molecular flexibility index (Phi) is 9.79. The molecule has 0 aliphatic heterocycles. The van der Waals surface area contributed by atoms with E-state index in [4.69, 9.17) is 0 Å². The molecule has 1 aromatic rings. The zero-order valence-electron chi connectivity index (χ0n) is 12.4. The highest BCUT2D eigenvalue weighted by Crippen LogP contribution is 2.08. The fourth-order valence-electron chi connectivity index (χ4n) is 1.47. The molecule has 1 rings (SSSR count). The molecular formula is C14H24IN5. The molecule has 112 valence electrons. The van der Waals surface area contributed by atoms with Gasteiger partial charge in [-0.1, -0.05) is 12.1 Å². The van der Waals surface area contributed by atoms with Gasteiger partial charge in [0, 0.05) is 27.2 Å². The monoisotopic (exact) mass is 389 g/mol. The summed E-state index contributed by atoms with van der Waals surface area (Å²) < 4.78 is 0. The zero-order valence-corrected chi connectivity index (χ0v) is 14.7. The molecule has 0 aliphatic carbocycles. The normalized spacial score (nSPS) is 10.4. The number of nitrogens with zero attached hydrogens (tertiary/aromatic N) is 3. The van der Waals surface area contributed by atoms with E-state index < -0.39 is 0 Å². The minimum Gasteiger partial charge on any atom is -0.363 e. The van der Waals surface area contributed by atoms with Crippen molar-refractivity contribution >= 4 is 35.8 Å². The third kappa shape index (κ3) is 6.74. The highest BCUT2D eigenvalue weighted by molar-refractivity contribution is 14.0. The second-order valence-corrected chi connectivity index (χ2v) is 4.25. The van der Waals surface area contributed by atoms with Crippen LogP contribution in [0.1, 0.15) is 12.6 Å². The first-order valence-corrected chi connectivity index (χ1v) is 6.43. The lowest BCUT2D eigenvalue weighted by atomic mass is 10.3. The molecule has 1 heterocycles. The van der Waals surface area contributed by atoms with E-state index in [9.17, 15) is 0 Å². The van der Waals surface area contributed by atoms with E-state index in [0.717, 1.165) is 24.0 Å². The van der Waals surface area contributed by atoms with Crippen LogP contribution in [0.15, 0.2) is 35.8 Å². The van der Waals surface area contributed by atoms with E-state index in [2.05, 4.69) is 27.2 Å². The number of aliphatic imine (C=N–C) groups is 1. The fourth-order valence-corrected chi connectivity index (χ4v) is 1.47. The fraction of sp³-hybridized carbons (Fsp3) is 0.429. The molecule has 0 amide bonds. The molecule has 0 saturated heterocycles. The van der Waals surface area contributed by atoms with Crippen molar-refractivity contribution in [1.29, 1.82) is 0 Å². The standard InChI is InChI=1S/C14H23N5.HI/c1-5-10-16-14(15-6-2)17-11-12-8-7-9-13(18-12)19(3)4;/h5,7-9H,1,6,10-11H2,2-4H3,(H2,15,16,17);1H. The summed E-state index contributed by atoms with van der Waals surface area (Å²) >= 11 is 0. The maximum absolute atomic E-state index is 4.53. The summed E-state index contributed by atoms with van der Waals surface area (Å²) in [5.41, 5.74) is 0.946. The van der Waals surface area contributed by atoms with Gasteiger partial charge in [-0.15, -0.1) is 30.6 Å². The van der Waals surface area contributed by atoms with E-state index in [-0.39, 0.29) is 24.0 Å². The van der Waals surface area contributed by atoms with E-state index in [0.29, 0.717) is 13.1 Å². The Morgan fingerprint density at radius 3 is 2.75 bits per heavy atom. The van der Waals surface area contributed by atoms with Gasteiger partial charge < -0.3 is 15.5 Å². The molecule has 6 heteroatoms. The molecule has 0 aromatic carbocycles. The molecule has 0 radical (unpaired) electrons. The van der Waals surface area contributed by atoms with Gasteiger partial charge in [0.05, 0.1) is 12.2 Å². The maximum Gasteiger partial charge on any atom is 0.191 e. The van der Waals surface area contributed by atoms with Gasteiger partial charge in [0.25, 0.3) is 0 Å². The van der Waals surface area contributed by atoms with Gasteiger partial charge in [0.1, 0.15) is 5.82 Å². The van der Waals surface area contributed by atoms with Crippen LogP contribution in [0.2, 0.25) is 0 Å². The minimum absolute atomic E-state index is 0. The molecule has 0 fully saturated rings. The van der Waals surface area contributed by atoms with Crippen molar-refractivity contribution in [1.82, 2.24) is 15.6 Å². The lowest BCUT2D eigenvalue weighted by molar-refractivity contribution is 0.851. The Morgan fingerprint density at radius 1 is 1.40 bits per heavy atom. The number of aromatic nitrogens is 1. The van der Waals surface area contributed by atoms with Crippen LogP contribution >= 0.6 is 24.0 Å². The summed E-state index contributed by atoms with van der Waals surface area (Å²) in [5.74, 6) is 1.72. The molecule has 1 aromatic heterocycles. The van der Waals surface area contributed by atoms with Crippen molar-refractivity contribution < 1.29 is 0 Å². The average molecular weight is 389 g/mol. The van der Waals surface area contributed by atoms with Crippen molar-refractivity contribution in [2.24, 2.45) is 4.99 Å². The van der Waals surface area contributed by atoms with Crippen molar-refractivity contribution in [3.63, 3.8) is 0 Å². The van der Waals surface area contributed by atoms with Gasteiger partial charge in [0.15, 0.2) is 5.96 Å². The van der Waals surface area contributed by atoms with Crippen molar-refractivity contribution in [3.05, 3.63) is 36.5 Å². The summed E-state index contributed by atoms with van der Waals surface area (Å²) in [7, 11) is 3.95. The van der Waals surface area contributed by atoms with Crippen LogP contribution in [0.4, 0.5) is 5.82 Å². The van der Waals surface area contributed by atoms with Crippen LogP contribution in [0, 0.1) is 0 Å². The average Bonchev–Trinajstić information content (AvgIpc) is 2.42. The third-order valence-electron chi connectivity index (χ3n) is 2.41. The Hall–Kier alpha value is -1.31. The summed E-state index contributed by atoms with van der Waals surface area (Å²) in [6, 6.07) is 5.96. The molecular weight excluding hydrogens is 365 g/mol. The Balaban J connectivity index is 0.00000361. The summed E-state index contributed by atoms with van der Waals surface area (Å²) in [6.45, 7) is 7.79. The molecule has 0 saturated carbocycles. The lowest BCUT2D eigenvalue weighted by Crippen LogP contribution is -2.37. The van der Waals surface area contributed by atoms with Crippen molar-refractivity contribution in [2.75, 3.05) is 32.1 Å². The van der Waals surface area contributed by atoms with Crippen LogP contribution in [-0.2, 0) is 6.54 Å². The van der Waals surface area contributed by atoms with Crippen LogP contribution in [0.25, 0.3) is 0 Å². The second-order valence-electron chi connectivity index (χ2n) is 4.25. The highest BCUT2D eigenvalue weighted by Gasteiger charge is 2.00. The van der Waals surface area contributed by atoms with E-state index in [1.165, 1.54) is 0 Å². The summed E-state index contributed by atoms with van der Waals surface area (Å²) in [5, 5.41) is 6.34. The summed E-state index contributed by atoms with van der Waals surface area (Å²) in [4.78, 5) is 11.0. The largest absolute Gasteiger partial charge is 0.363 e. The zero-order chi connectivity index (χ0) is 14.1. The van der Waals surface area contributed by atoms with Gasteiger partial charge in [-0.25, -0.2) is 9.98 Å². The minimum atomic E-state index is 0. The molecule has 0 atom stereocenters. The Morgan fingerprint density at radius 2 is 2.15 bits per heavy atom. The number of guanidine groups is 1. The van der Waals surface area contributed by atoms with Gasteiger partial charge in [-0.05, 0) is 19.1 Å². The smallest absolute Gasteiger partial charge is 0.191 e. The van der Waals surface area contributed by atoms with Gasteiger partial charge >= 0.3 is 0 Å². The molecule has 0 aliphatic rings. The van der Waals surface area contributed by atoms with Crippen LogP contribution < -0.4 is 15.5 Å². The number of rotatable bonds is 6. The maximum atomic E-state index is 4.53. The van der Waals surface area contributed by atoms with Gasteiger partial charge in [0.2, 0.25) is 0 Å². The number of hydrogen-bond donors (Lipinski definition) is 2. The third-order valence-corrected chi connectivity index (χ3v) is 2.41. The number of halogens is 1. The lowest BCUT2D eigenvalue weighted by Gasteiger charge is -2.12. The van der Waals surface area contributed by atoms with E-state index >= 15 is 0 Å². The van der Waals surface area contributed by atoms with Crippen molar-refractivity contribution in [3.8, 4) is 0 Å². The Bertz CT molecular complexity index is 431. The molecule has 0 spiro atoms. The van der Waals surface area contributed by atoms with Crippen molar-refractivity contribution in [2.45, 2.75) is 13.5 Å². The predicted molar refractivity (Wildman–Crippen MR) is 97.0 cm³/mol. The van der Waals surface area contributed by atoms with Gasteiger partial charge in [-0.2, -0.15) is 0 Å². The SMILES string of the molecule is C=CCNC(=NCc1cccc(N(C)C)n1)NCC.I. The quantitative estimate of drug-likeness (QED) is 0.338. The van der Waals surface area contributed by atoms with Crippen LogP contribution in [0.3, 0.4) is 0 Å². The number of hydrogen-bond acceptors (Lipinski definition) is 3. The van der Waals surface area contributed by atoms with Crippen LogP contribution in [0.5, 0.6) is 0 Å². The first-order chi connectivity index (χ1) is 9.17. The molecule has 5 nitrogen and oxygen atoms in total. The second kappa shape index (κ2) is 10.5. The number of pyridine rings is 1. The van der Waals surface area contributed by atoms with E-state index in [1.807, 2.05) is 44.1 Å². The Labute approximate surface area is 138 Å².